The molecule has 2 heteroatoms. The first kappa shape index (κ1) is 11.4. The van der Waals surface area contributed by atoms with E-state index in [1.54, 1.807) is 6.08 Å². The van der Waals surface area contributed by atoms with Crippen LogP contribution in [0.5, 0.6) is 0 Å². The standard InChI is InChI=1S/C12H21NO/c1-2-6-11(14)9-12(10-13)7-4-3-5-8-12/h2H,1,3-10,13H2. The molecule has 0 radical (unpaired) electrons. The van der Waals surface area contributed by atoms with Crippen LogP contribution < -0.4 is 5.73 Å². The van der Waals surface area contributed by atoms with Crippen LogP contribution in [0, 0.1) is 5.41 Å². The summed E-state index contributed by atoms with van der Waals surface area (Å²) in [6.45, 7) is 4.25. The van der Waals surface area contributed by atoms with Gasteiger partial charge in [-0.2, -0.15) is 0 Å². The van der Waals surface area contributed by atoms with Crippen LogP contribution in [0.1, 0.15) is 44.9 Å². The summed E-state index contributed by atoms with van der Waals surface area (Å²) in [6, 6.07) is 0. The first-order valence-electron chi connectivity index (χ1n) is 5.55. The Morgan fingerprint density at radius 2 is 2.00 bits per heavy atom. The van der Waals surface area contributed by atoms with E-state index in [0.717, 1.165) is 12.8 Å². The average molecular weight is 195 g/mol. The zero-order valence-electron chi connectivity index (χ0n) is 8.93. The van der Waals surface area contributed by atoms with Crippen LogP contribution in [-0.2, 0) is 4.79 Å². The summed E-state index contributed by atoms with van der Waals surface area (Å²) in [5, 5.41) is 0. The van der Waals surface area contributed by atoms with Gasteiger partial charge in [0.05, 0.1) is 0 Å². The van der Waals surface area contributed by atoms with Gasteiger partial charge in [0.1, 0.15) is 5.78 Å². The number of carbonyl (C=O) groups excluding carboxylic acids is 1. The van der Waals surface area contributed by atoms with Crippen LogP contribution in [0.25, 0.3) is 0 Å². The molecule has 0 atom stereocenters. The second-order valence-electron chi connectivity index (χ2n) is 4.47. The maximum Gasteiger partial charge on any atom is 0.137 e. The Morgan fingerprint density at radius 1 is 1.36 bits per heavy atom. The zero-order chi connectivity index (χ0) is 10.4. The summed E-state index contributed by atoms with van der Waals surface area (Å²) in [4.78, 5) is 11.5. The van der Waals surface area contributed by atoms with E-state index in [1.165, 1.54) is 19.3 Å². The van der Waals surface area contributed by atoms with Gasteiger partial charge in [0.25, 0.3) is 0 Å². The van der Waals surface area contributed by atoms with Gasteiger partial charge in [-0.1, -0.05) is 25.3 Å². The van der Waals surface area contributed by atoms with E-state index in [1.807, 2.05) is 0 Å². The number of carbonyl (C=O) groups is 1. The molecule has 0 spiro atoms. The number of hydrogen-bond acceptors (Lipinski definition) is 2. The van der Waals surface area contributed by atoms with E-state index >= 15 is 0 Å². The van der Waals surface area contributed by atoms with Crippen molar-refractivity contribution in [3.05, 3.63) is 12.7 Å². The highest BCUT2D eigenvalue weighted by molar-refractivity contribution is 5.80. The Balaban J connectivity index is 2.51. The second-order valence-corrected chi connectivity index (χ2v) is 4.47. The summed E-state index contributed by atoms with van der Waals surface area (Å²) >= 11 is 0. The van der Waals surface area contributed by atoms with Gasteiger partial charge in [0, 0.05) is 12.8 Å². The molecule has 0 aromatic carbocycles. The Kier molecular flexibility index (Phi) is 4.33. The highest BCUT2D eigenvalue weighted by Crippen LogP contribution is 2.38. The molecule has 0 aromatic rings. The van der Waals surface area contributed by atoms with Gasteiger partial charge in [-0.15, -0.1) is 6.58 Å². The van der Waals surface area contributed by atoms with Crippen molar-refractivity contribution in [1.82, 2.24) is 0 Å². The van der Waals surface area contributed by atoms with E-state index in [0.29, 0.717) is 25.2 Å². The minimum atomic E-state index is 0.123. The fraction of sp³-hybridized carbons (Fsp3) is 0.750. The van der Waals surface area contributed by atoms with Gasteiger partial charge in [0.15, 0.2) is 0 Å². The Hall–Kier alpha value is -0.630. The van der Waals surface area contributed by atoms with E-state index in [2.05, 4.69) is 6.58 Å². The number of Topliss-reactive ketones (excluding diaryl/α,β-unsaturated/α-hetero) is 1. The molecule has 1 fully saturated rings. The lowest BCUT2D eigenvalue weighted by molar-refractivity contribution is -0.120. The fourth-order valence-corrected chi connectivity index (χ4v) is 2.41. The molecule has 1 rings (SSSR count). The van der Waals surface area contributed by atoms with Crippen molar-refractivity contribution in [1.29, 1.82) is 0 Å². The van der Waals surface area contributed by atoms with E-state index in [9.17, 15) is 4.79 Å². The predicted octanol–water partition coefficient (Wildman–Crippen LogP) is 2.43. The topological polar surface area (TPSA) is 43.1 Å². The van der Waals surface area contributed by atoms with Crippen molar-refractivity contribution in [2.45, 2.75) is 44.9 Å². The van der Waals surface area contributed by atoms with Crippen LogP contribution >= 0.6 is 0 Å². The third-order valence-corrected chi connectivity index (χ3v) is 3.29. The summed E-state index contributed by atoms with van der Waals surface area (Å²) in [5.74, 6) is 0.298. The number of hydrogen-bond donors (Lipinski definition) is 1. The van der Waals surface area contributed by atoms with E-state index < -0.39 is 0 Å². The fourth-order valence-electron chi connectivity index (χ4n) is 2.41. The Morgan fingerprint density at radius 3 is 2.50 bits per heavy atom. The molecule has 1 aliphatic carbocycles. The number of allylic oxidation sites excluding steroid dienone is 1. The molecule has 0 bridgehead atoms. The molecular weight excluding hydrogens is 174 g/mol. The zero-order valence-corrected chi connectivity index (χ0v) is 8.93. The number of ketones is 1. The minimum Gasteiger partial charge on any atom is -0.330 e. The van der Waals surface area contributed by atoms with Gasteiger partial charge >= 0.3 is 0 Å². The van der Waals surface area contributed by atoms with Crippen LogP contribution in [0.3, 0.4) is 0 Å². The van der Waals surface area contributed by atoms with Gasteiger partial charge in [-0.25, -0.2) is 0 Å². The first-order valence-corrected chi connectivity index (χ1v) is 5.55. The van der Waals surface area contributed by atoms with E-state index in [-0.39, 0.29) is 5.41 Å². The van der Waals surface area contributed by atoms with Crippen molar-refractivity contribution >= 4 is 5.78 Å². The summed E-state index contributed by atoms with van der Waals surface area (Å²) < 4.78 is 0. The molecule has 0 aromatic heterocycles. The lowest BCUT2D eigenvalue weighted by atomic mass is 9.71. The normalized spacial score (nSPS) is 20.4. The smallest absolute Gasteiger partial charge is 0.137 e. The SMILES string of the molecule is C=CCC(=O)CC1(CN)CCCCC1. The van der Waals surface area contributed by atoms with Crippen molar-refractivity contribution in [3.8, 4) is 0 Å². The molecular formula is C12H21NO. The molecule has 80 valence electrons. The lowest BCUT2D eigenvalue weighted by Crippen LogP contribution is -2.34. The number of nitrogens with two attached hydrogens (primary N) is 1. The van der Waals surface area contributed by atoms with Crippen molar-refractivity contribution < 1.29 is 4.79 Å². The van der Waals surface area contributed by atoms with Gasteiger partial charge in [0.2, 0.25) is 0 Å². The van der Waals surface area contributed by atoms with Crippen LogP contribution in [0.4, 0.5) is 0 Å². The molecule has 0 saturated heterocycles. The third kappa shape index (κ3) is 2.95. The molecule has 0 amide bonds. The molecule has 0 aliphatic heterocycles. The monoisotopic (exact) mass is 195 g/mol. The van der Waals surface area contributed by atoms with Gasteiger partial charge < -0.3 is 5.73 Å². The molecule has 2 N–H and O–H groups in total. The second kappa shape index (κ2) is 5.30. The highest BCUT2D eigenvalue weighted by atomic mass is 16.1. The van der Waals surface area contributed by atoms with Crippen LogP contribution in [0.2, 0.25) is 0 Å². The third-order valence-electron chi connectivity index (χ3n) is 3.29. The molecule has 0 heterocycles. The van der Waals surface area contributed by atoms with Crippen LogP contribution in [-0.4, -0.2) is 12.3 Å². The number of rotatable bonds is 5. The van der Waals surface area contributed by atoms with Crippen molar-refractivity contribution in [2.75, 3.05) is 6.54 Å². The molecule has 2 nitrogen and oxygen atoms in total. The van der Waals surface area contributed by atoms with Crippen molar-refractivity contribution in [3.63, 3.8) is 0 Å². The first-order chi connectivity index (χ1) is 6.72. The Bertz CT molecular complexity index is 204. The van der Waals surface area contributed by atoms with Crippen molar-refractivity contribution in [2.24, 2.45) is 11.1 Å². The maximum atomic E-state index is 11.5. The molecule has 1 aliphatic rings. The summed E-state index contributed by atoms with van der Waals surface area (Å²) in [6.07, 6.45) is 8.89. The largest absolute Gasteiger partial charge is 0.330 e. The summed E-state index contributed by atoms with van der Waals surface area (Å²) in [7, 11) is 0. The van der Waals surface area contributed by atoms with E-state index in [4.69, 9.17) is 5.73 Å². The summed E-state index contributed by atoms with van der Waals surface area (Å²) in [5.41, 5.74) is 5.93. The minimum absolute atomic E-state index is 0.123. The molecule has 1 saturated carbocycles. The maximum absolute atomic E-state index is 11.5. The quantitative estimate of drug-likeness (QED) is 0.685. The highest BCUT2D eigenvalue weighted by Gasteiger charge is 2.32. The van der Waals surface area contributed by atoms with Crippen LogP contribution in [0.15, 0.2) is 12.7 Å². The molecule has 0 unspecified atom stereocenters. The van der Waals surface area contributed by atoms with Gasteiger partial charge in [-0.3, -0.25) is 4.79 Å². The lowest BCUT2D eigenvalue weighted by Gasteiger charge is -2.35. The predicted molar refractivity (Wildman–Crippen MR) is 59.0 cm³/mol. The molecule has 14 heavy (non-hydrogen) atoms. The Labute approximate surface area is 86.6 Å². The van der Waals surface area contributed by atoms with Gasteiger partial charge in [-0.05, 0) is 24.8 Å². The average Bonchev–Trinajstić information content (AvgIpc) is 2.19.